The van der Waals surface area contributed by atoms with Crippen LogP contribution in [0.4, 0.5) is 13.2 Å². The number of hydrogen-bond acceptors (Lipinski definition) is 4. The fraction of sp³-hybridized carbons (Fsp3) is 0.824. The monoisotopic (exact) mass is 359 g/mol. The highest BCUT2D eigenvalue weighted by Gasteiger charge is 2.56. The van der Waals surface area contributed by atoms with Gasteiger partial charge in [-0.15, -0.1) is 5.10 Å². The van der Waals surface area contributed by atoms with Gasteiger partial charge in [0.15, 0.2) is 6.61 Å². The SMILES string of the molecule is CC1(N2CC3(CC(n4ccc(OCC(F)(F)F)n4)C3)C2)CCOCC1. The van der Waals surface area contributed by atoms with Crippen LogP contribution in [0.25, 0.3) is 0 Å². The minimum absolute atomic E-state index is 0.0447. The van der Waals surface area contributed by atoms with Gasteiger partial charge in [0.2, 0.25) is 5.88 Å². The van der Waals surface area contributed by atoms with E-state index in [1.807, 2.05) is 0 Å². The Bertz CT molecular complexity index is 611. The Labute approximate surface area is 145 Å². The van der Waals surface area contributed by atoms with Crippen molar-refractivity contribution in [2.24, 2.45) is 5.41 Å². The van der Waals surface area contributed by atoms with Crippen LogP contribution in [0.5, 0.6) is 5.88 Å². The Morgan fingerprint density at radius 1 is 1.28 bits per heavy atom. The van der Waals surface area contributed by atoms with E-state index in [-0.39, 0.29) is 17.5 Å². The molecule has 1 aliphatic carbocycles. The number of likely N-dealkylation sites (tertiary alicyclic amines) is 1. The maximum Gasteiger partial charge on any atom is 0.422 e. The van der Waals surface area contributed by atoms with Gasteiger partial charge in [0, 0.05) is 44.1 Å². The van der Waals surface area contributed by atoms with E-state index < -0.39 is 12.8 Å². The van der Waals surface area contributed by atoms with Gasteiger partial charge < -0.3 is 9.47 Å². The second kappa shape index (κ2) is 5.87. The molecular weight excluding hydrogens is 335 g/mol. The number of halogens is 3. The maximum absolute atomic E-state index is 12.2. The van der Waals surface area contributed by atoms with Crippen molar-refractivity contribution in [2.75, 3.05) is 32.9 Å². The van der Waals surface area contributed by atoms with E-state index in [4.69, 9.17) is 9.47 Å². The summed E-state index contributed by atoms with van der Waals surface area (Å²) in [6, 6.07) is 1.78. The summed E-state index contributed by atoms with van der Waals surface area (Å²) in [6.45, 7) is 4.94. The lowest BCUT2D eigenvalue weighted by molar-refractivity contribution is -0.157. The molecule has 3 heterocycles. The highest BCUT2D eigenvalue weighted by atomic mass is 19.4. The van der Waals surface area contributed by atoms with Gasteiger partial charge in [0.05, 0.1) is 6.04 Å². The Hall–Kier alpha value is -1.28. The molecule has 1 aromatic rings. The molecule has 5 nitrogen and oxygen atoms in total. The first-order valence-electron chi connectivity index (χ1n) is 8.85. The first-order valence-corrected chi connectivity index (χ1v) is 8.85. The van der Waals surface area contributed by atoms with Crippen molar-refractivity contribution in [1.29, 1.82) is 0 Å². The van der Waals surface area contributed by atoms with Gasteiger partial charge in [0.25, 0.3) is 0 Å². The predicted molar refractivity (Wildman–Crippen MR) is 84.5 cm³/mol. The fourth-order valence-electron chi connectivity index (χ4n) is 4.41. The standard InChI is InChI=1S/C17H24F3N3O2/c1-15(3-6-24-7-4-15)22-10-16(11-22)8-13(9-16)23-5-2-14(21-23)25-12-17(18,19)20/h2,5,13H,3-4,6-12H2,1H3. The van der Waals surface area contributed by atoms with Crippen LogP contribution in [0.15, 0.2) is 12.3 Å². The van der Waals surface area contributed by atoms with Crippen LogP contribution in [-0.4, -0.2) is 59.3 Å². The van der Waals surface area contributed by atoms with Gasteiger partial charge in [-0.2, -0.15) is 13.2 Å². The summed E-state index contributed by atoms with van der Waals surface area (Å²) in [5.41, 5.74) is 0.629. The molecule has 25 heavy (non-hydrogen) atoms. The van der Waals surface area contributed by atoms with Gasteiger partial charge in [-0.05, 0) is 38.0 Å². The summed E-state index contributed by atoms with van der Waals surface area (Å²) < 4.78 is 48.5. The molecule has 0 N–H and O–H groups in total. The largest absolute Gasteiger partial charge is 0.467 e. The zero-order chi connectivity index (χ0) is 17.7. The molecule has 0 unspecified atom stereocenters. The molecule has 1 aromatic heterocycles. The Morgan fingerprint density at radius 2 is 1.96 bits per heavy atom. The molecule has 0 amide bonds. The molecule has 2 saturated heterocycles. The van der Waals surface area contributed by atoms with Crippen molar-refractivity contribution >= 4 is 0 Å². The smallest absolute Gasteiger partial charge is 0.422 e. The number of aromatic nitrogens is 2. The Morgan fingerprint density at radius 3 is 2.60 bits per heavy atom. The zero-order valence-electron chi connectivity index (χ0n) is 14.4. The third-order valence-corrected chi connectivity index (χ3v) is 6.06. The van der Waals surface area contributed by atoms with Gasteiger partial charge in [0.1, 0.15) is 0 Å². The van der Waals surface area contributed by atoms with Crippen molar-refractivity contribution in [1.82, 2.24) is 14.7 Å². The lowest BCUT2D eigenvalue weighted by atomic mass is 9.59. The topological polar surface area (TPSA) is 39.5 Å². The van der Waals surface area contributed by atoms with Crippen molar-refractivity contribution in [3.8, 4) is 5.88 Å². The van der Waals surface area contributed by atoms with Crippen molar-refractivity contribution in [2.45, 2.75) is 50.4 Å². The number of nitrogens with zero attached hydrogens (tertiary/aromatic N) is 3. The molecule has 3 fully saturated rings. The van der Waals surface area contributed by atoms with Crippen molar-refractivity contribution in [3.63, 3.8) is 0 Å². The van der Waals surface area contributed by atoms with Crippen LogP contribution in [0.1, 0.15) is 38.6 Å². The number of hydrogen-bond donors (Lipinski definition) is 0. The van der Waals surface area contributed by atoms with Crippen LogP contribution in [0.2, 0.25) is 0 Å². The molecule has 0 radical (unpaired) electrons. The maximum atomic E-state index is 12.2. The van der Waals surface area contributed by atoms with E-state index in [1.54, 1.807) is 10.9 Å². The average molecular weight is 359 g/mol. The van der Waals surface area contributed by atoms with E-state index in [9.17, 15) is 13.2 Å². The molecule has 8 heteroatoms. The van der Waals surface area contributed by atoms with Gasteiger partial charge in [-0.1, -0.05) is 0 Å². The van der Waals surface area contributed by atoms with Crippen LogP contribution in [0, 0.1) is 5.41 Å². The minimum atomic E-state index is -4.33. The predicted octanol–water partition coefficient (Wildman–Crippen LogP) is 3.03. The molecule has 4 rings (SSSR count). The molecule has 1 saturated carbocycles. The lowest BCUT2D eigenvalue weighted by Crippen LogP contribution is -2.69. The molecule has 0 bridgehead atoms. The molecule has 0 aromatic carbocycles. The summed E-state index contributed by atoms with van der Waals surface area (Å²) in [6.07, 6.45) is 1.64. The zero-order valence-corrected chi connectivity index (χ0v) is 14.4. The second-order valence-electron chi connectivity index (χ2n) is 8.07. The van der Waals surface area contributed by atoms with Crippen LogP contribution in [-0.2, 0) is 4.74 Å². The summed E-state index contributed by atoms with van der Waals surface area (Å²) in [5.74, 6) is 0.0447. The highest BCUT2D eigenvalue weighted by molar-refractivity contribution is 5.12. The first-order chi connectivity index (χ1) is 11.8. The number of ether oxygens (including phenoxy) is 2. The van der Waals surface area contributed by atoms with E-state index in [0.29, 0.717) is 5.41 Å². The summed E-state index contributed by atoms with van der Waals surface area (Å²) in [5, 5.41) is 4.15. The Balaban J connectivity index is 1.27. The van der Waals surface area contributed by atoms with Crippen molar-refractivity contribution in [3.05, 3.63) is 12.3 Å². The van der Waals surface area contributed by atoms with Gasteiger partial charge in [-0.25, -0.2) is 0 Å². The molecule has 140 valence electrons. The molecule has 2 aliphatic heterocycles. The van der Waals surface area contributed by atoms with E-state index in [0.717, 1.165) is 52.0 Å². The van der Waals surface area contributed by atoms with Crippen molar-refractivity contribution < 1.29 is 22.6 Å². The summed E-state index contributed by atoms with van der Waals surface area (Å²) in [7, 11) is 0. The normalized spacial score (nSPS) is 26.2. The third kappa shape index (κ3) is 3.38. The van der Waals surface area contributed by atoms with E-state index in [2.05, 4.69) is 16.9 Å². The minimum Gasteiger partial charge on any atom is -0.467 e. The molecular formula is C17H24F3N3O2. The second-order valence-corrected chi connectivity index (χ2v) is 8.07. The average Bonchev–Trinajstić information content (AvgIpc) is 2.91. The Kier molecular flexibility index (Phi) is 4.03. The highest BCUT2D eigenvalue weighted by Crippen LogP contribution is 2.56. The van der Waals surface area contributed by atoms with Crippen LogP contribution < -0.4 is 4.74 Å². The lowest BCUT2D eigenvalue weighted by Gasteiger charge is -2.64. The molecule has 1 spiro atoms. The summed E-state index contributed by atoms with van der Waals surface area (Å²) >= 11 is 0. The summed E-state index contributed by atoms with van der Waals surface area (Å²) in [4.78, 5) is 2.58. The van der Waals surface area contributed by atoms with E-state index in [1.165, 1.54) is 6.07 Å². The van der Waals surface area contributed by atoms with Gasteiger partial charge >= 0.3 is 6.18 Å². The number of alkyl halides is 3. The quantitative estimate of drug-likeness (QED) is 0.829. The third-order valence-electron chi connectivity index (χ3n) is 6.06. The first kappa shape index (κ1) is 17.1. The number of rotatable bonds is 4. The van der Waals surface area contributed by atoms with Gasteiger partial charge in [-0.3, -0.25) is 9.58 Å². The van der Waals surface area contributed by atoms with Crippen LogP contribution >= 0.6 is 0 Å². The van der Waals surface area contributed by atoms with Crippen LogP contribution in [0.3, 0.4) is 0 Å². The molecule has 3 aliphatic rings. The van der Waals surface area contributed by atoms with E-state index >= 15 is 0 Å². The molecule has 0 atom stereocenters. The fourth-order valence-corrected chi connectivity index (χ4v) is 4.41.